The largest absolute Gasteiger partial charge is 0.376 e. The van der Waals surface area contributed by atoms with Gasteiger partial charge in [-0.05, 0) is 31.0 Å². The minimum absolute atomic E-state index is 0.203. The molecule has 0 spiro atoms. The van der Waals surface area contributed by atoms with E-state index in [0.29, 0.717) is 12.2 Å². The number of benzene rings is 1. The summed E-state index contributed by atoms with van der Waals surface area (Å²) in [6.45, 7) is 4.43. The number of nitrogens with one attached hydrogen (secondary N) is 1. The monoisotopic (exact) mass is 258 g/mol. The van der Waals surface area contributed by atoms with E-state index in [1.807, 2.05) is 13.8 Å². The zero-order valence-electron chi connectivity index (χ0n) is 10.7. The van der Waals surface area contributed by atoms with Crippen LogP contribution in [0.25, 0.3) is 0 Å². The maximum absolute atomic E-state index is 13.2. The van der Waals surface area contributed by atoms with Crippen LogP contribution in [0.5, 0.6) is 0 Å². The van der Waals surface area contributed by atoms with Crippen LogP contribution in [0, 0.1) is 11.6 Å². The van der Waals surface area contributed by atoms with Crippen LogP contribution in [0.2, 0.25) is 0 Å². The van der Waals surface area contributed by atoms with E-state index in [1.54, 1.807) is 0 Å². The zero-order chi connectivity index (χ0) is 13.5. The lowest BCUT2D eigenvalue weighted by Gasteiger charge is -2.26. The highest BCUT2D eigenvalue weighted by molar-refractivity contribution is 5.22. The molecule has 0 amide bonds. The quantitative estimate of drug-likeness (QED) is 0.584. The maximum atomic E-state index is 13.2. The van der Waals surface area contributed by atoms with Crippen LogP contribution in [0.3, 0.4) is 0 Å². The van der Waals surface area contributed by atoms with Crippen molar-refractivity contribution in [2.75, 3.05) is 6.61 Å². The van der Waals surface area contributed by atoms with Crippen molar-refractivity contribution < 1.29 is 13.5 Å². The number of hydrazine groups is 1. The van der Waals surface area contributed by atoms with Gasteiger partial charge in [-0.2, -0.15) is 0 Å². The topological polar surface area (TPSA) is 47.3 Å². The molecule has 0 radical (unpaired) electrons. The second-order valence-corrected chi connectivity index (χ2v) is 4.13. The Labute approximate surface area is 106 Å². The molecular weight excluding hydrogens is 238 g/mol. The van der Waals surface area contributed by atoms with Crippen molar-refractivity contribution in [3.8, 4) is 0 Å². The van der Waals surface area contributed by atoms with Crippen molar-refractivity contribution in [3.05, 3.63) is 35.4 Å². The highest BCUT2D eigenvalue weighted by atomic mass is 19.1. The molecule has 1 aromatic carbocycles. The van der Waals surface area contributed by atoms with Gasteiger partial charge in [0.1, 0.15) is 11.6 Å². The first kappa shape index (κ1) is 15.0. The normalized spacial score (nSPS) is 14.5. The predicted octanol–water partition coefficient (Wildman–Crippen LogP) is 2.67. The summed E-state index contributed by atoms with van der Waals surface area (Å²) in [6.07, 6.45) is 1.47. The lowest BCUT2D eigenvalue weighted by atomic mass is 9.98. The Bertz CT molecular complexity index is 348. The van der Waals surface area contributed by atoms with Gasteiger partial charge in [-0.15, -0.1) is 0 Å². The summed E-state index contributed by atoms with van der Waals surface area (Å²) in [7, 11) is 0. The molecule has 2 unspecified atom stereocenters. The van der Waals surface area contributed by atoms with Crippen LogP contribution in [0.15, 0.2) is 18.2 Å². The van der Waals surface area contributed by atoms with Crippen molar-refractivity contribution in [2.24, 2.45) is 5.84 Å². The molecule has 0 aliphatic rings. The Balaban J connectivity index is 2.97. The van der Waals surface area contributed by atoms with E-state index >= 15 is 0 Å². The number of rotatable bonds is 7. The summed E-state index contributed by atoms with van der Waals surface area (Å²) in [5, 5.41) is 0. The number of nitrogens with two attached hydrogens (primary N) is 1. The van der Waals surface area contributed by atoms with E-state index in [2.05, 4.69) is 5.43 Å². The van der Waals surface area contributed by atoms with Crippen molar-refractivity contribution in [1.82, 2.24) is 5.43 Å². The molecule has 1 aromatic rings. The summed E-state index contributed by atoms with van der Waals surface area (Å²) < 4.78 is 32.0. The molecule has 2 atom stereocenters. The van der Waals surface area contributed by atoms with Gasteiger partial charge in [-0.25, -0.2) is 8.78 Å². The van der Waals surface area contributed by atoms with Crippen molar-refractivity contribution in [1.29, 1.82) is 0 Å². The van der Waals surface area contributed by atoms with E-state index in [4.69, 9.17) is 10.6 Å². The van der Waals surface area contributed by atoms with Gasteiger partial charge in [-0.1, -0.05) is 13.3 Å². The number of halogens is 2. The average molecular weight is 258 g/mol. The van der Waals surface area contributed by atoms with Crippen LogP contribution in [-0.2, 0) is 4.74 Å². The van der Waals surface area contributed by atoms with E-state index in [9.17, 15) is 8.78 Å². The Morgan fingerprint density at radius 3 is 2.28 bits per heavy atom. The first-order valence-electron chi connectivity index (χ1n) is 6.16. The molecule has 0 aromatic heterocycles. The van der Waals surface area contributed by atoms with E-state index in [0.717, 1.165) is 18.9 Å². The molecule has 18 heavy (non-hydrogen) atoms. The molecule has 0 saturated carbocycles. The third-order valence-electron chi connectivity index (χ3n) is 2.75. The minimum atomic E-state index is -0.614. The fourth-order valence-corrected chi connectivity index (χ4v) is 2.02. The van der Waals surface area contributed by atoms with Gasteiger partial charge in [0, 0.05) is 12.7 Å². The van der Waals surface area contributed by atoms with Gasteiger partial charge in [-0.3, -0.25) is 11.3 Å². The van der Waals surface area contributed by atoms with Gasteiger partial charge >= 0.3 is 0 Å². The Morgan fingerprint density at radius 2 is 1.83 bits per heavy atom. The van der Waals surface area contributed by atoms with Gasteiger partial charge < -0.3 is 4.74 Å². The fourth-order valence-electron chi connectivity index (χ4n) is 2.02. The average Bonchev–Trinajstić information content (AvgIpc) is 2.29. The second-order valence-electron chi connectivity index (χ2n) is 4.13. The van der Waals surface area contributed by atoms with Crippen molar-refractivity contribution >= 4 is 0 Å². The van der Waals surface area contributed by atoms with Crippen LogP contribution in [-0.4, -0.2) is 12.7 Å². The SMILES string of the molecule is CCCC(OCC)C(NN)c1cc(F)cc(F)c1. The standard InChI is InChI=1S/C13H20F2N2O/c1-3-5-12(18-4-2)13(17-16)9-6-10(14)8-11(15)7-9/h6-8,12-13,17H,3-5,16H2,1-2H3. The molecule has 3 N–H and O–H groups in total. The molecule has 0 fully saturated rings. The van der Waals surface area contributed by atoms with Gasteiger partial charge in [0.25, 0.3) is 0 Å². The van der Waals surface area contributed by atoms with E-state index < -0.39 is 17.7 Å². The third kappa shape index (κ3) is 4.01. The Hall–Kier alpha value is -1.04. The summed E-state index contributed by atoms with van der Waals surface area (Å²) >= 11 is 0. The molecule has 5 heteroatoms. The number of hydrogen-bond acceptors (Lipinski definition) is 3. The predicted molar refractivity (Wildman–Crippen MR) is 66.7 cm³/mol. The van der Waals surface area contributed by atoms with Gasteiger partial charge in [0.2, 0.25) is 0 Å². The van der Waals surface area contributed by atoms with Crippen molar-refractivity contribution in [3.63, 3.8) is 0 Å². The third-order valence-corrected chi connectivity index (χ3v) is 2.75. The lowest BCUT2D eigenvalue weighted by Crippen LogP contribution is -2.38. The highest BCUT2D eigenvalue weighted by Gasteiger charge is 2.23. The van der Waals surface area contributed by atoms with Crippen LogP contribution < -0.4 is 11.3 Å². The zero-order valence-corrected chi connectivity index (χ0v) is 10.7. The maximum Gasteiger partial charge on any atom is 0.126 e. The molecular formula is C13H20F2N2O. The summed E-state index contributed by atoms with van der Waals surface area (Å²) in [5.41, 5.74) is 3.04. The summed E-state index contributed by atoms with van der Waals surface area (Å²) in [4.78, 5) is 0. The Kier molecular flexibility index (Phi) is 6.18. The molecule has 0 aliphatic carbocycles. The van der Waals surface area contributed by atoms with Crippen molar-refractivity contribution in [2.45, 2.75) is 38.8 Å². The number of hydrogen-bond donors (Lipinski definition) is 2. The first-order valence-corrected chi connectivity index (χ1v) is 6.16. The molecule has 0 heterocycles. The summed E-state index contributed by atoms with van der Waals surface area (Å²) in [6, 6.07) is 2.96. The molecule has 0 saturated heterocycles. The lowest BCUT2D eigenvalue weighted by molar-refractivity contribution is 0.0274. The summed E-state index contributed by atoms with van der Waals surface area (Å²) in [5.74, 6) is 4.26. The van der Waals surface area contributed by atoms with Crippen LogP contribution in [0.1, 0.15) is 38.3 Å². The Morgan fingerprint density at radius 1 is 1.22 bits per heavy atom. The second kappa shape index (κ2) is 7.41. The number of ether oxygens (including phenoxy) is 1. The molecule has 1 rings (SSSR count). The van der Waals surface area contributed by atoms with Crippen LogP contribution in [0.4, 0.5) is 8.78 Å². The molecule has 102 valence electrons. The highest BCUT2D eigenvalue weighted by Crippen LogP contribution is 2.23. The van der Waals surface area contributed by atoms with Gasteiger partial charge in [0.15, 0.2) is 0 Å². The van der Waals surface area contributed by atoms with Gasteiger partial charge in [0.05, 0.1) is 12.1 Å². The first-order chi connectivity index (χ1) is 8.62. The smallest absolute Gasteiger partial charge is 0.126 e. The van der Waals surface area contributed by atoms with E-state index in [-0.39, 0.29) is 6.10 Å². The molecule has 0 aliphatic heterocycles. The molecule has 3 nitrogen and oxygen atoms in total. The van der Waals surface area contributed by atoms with E-state index in [1.165, 1.54) is 12.1 Å². The minimum Gasteiger partial charge on any atom is -0.376 e. The fraction of sp³-hybridized carbons (Fsp3) is 0.538. The molecule has 0 bridgehead atoms. The van der Waals surface area contributed by atoms with Crippen LogP contribution >= 0.6 is 0 Å².